The third-order valence-electron chi connectivity index (χ3n) is 2.22. The molecule has 0 aliphatic heterocycles. The molecule has 7 heteroatoms. The molecule has 0 saturated heterocycles. The van der Waals surface area contributed by atoms with Crippen molar-refractivity contribution < 1.29 is 4.12 Å². The van der Waals surface area contributed by atoms with Crippen molar-refractivity contribution in [2.45, 2.75) is 36.9 Å². The van der Waals surface area contributed by atoms with Crippen LogP contribution in [-0.4, -0.2) is 48.0 Å². The van der Waals surface area contributed by atoms with E-state index in [0.29, 0.717) is 23.8 Å². The van der Waals surface area contributed by atoms with Crippen LogP contribution < -0.4 is 0 Å². The number of hydrogen-bond acceptors (Lipinski definition) is 1. The van der Waals surface area contributed by atoms with Gasteiger partial charge in [0.15, 0.2) is 16.6 Å². The Kier molecular flexibility index (Phi) is 5.79. The minimum Gasteiger partial charge on any atom is -0.457 e. The molecule has 0 fully saturated rings. The predicted octanol–water partition coefficient (Wildman–Crippen LogP) is 0.658. The Hall–Kier alpha value is 0.654. The summed E-state index contributed by atoms with van der Waals surface area (Å²) in [5, 5.41) is 0. The maximum Gasteiger partial charge on any atom is 0.159 e. The highest BCUT2D eigenvalue weighted by Crippen LogP contribution is 2.23. The fourth-order valence-electron chi connectivity index (χ4n) is 0.928. The van der Waals surface area contributed by atoms with Crippen LogP contribution in [0, 0.1) is 0 Å². The Morgan fingerprint density at radius 1 is 0.769 bits per heavy atom. The SMILES string of the molecule is [B]C[Si](C)(C[B])O[Si](C)(C[B])C[B]. The van der Waals surface area contributed by atoms with Gasteiger partial charge in [0.25, 0.3) is 0 Å². The minimum absolute atomic E-state index is 0.534. The first-order chi connectivity index (χ1) is 5.95. The molecule has 0 aliphatic rings. The summed E-state index contributed by atoms with van der Waals surface area (Å²) in [5.41, 5.74) is 0. The lowest BCUT2D eigenvalue weighted by atomic mass is 10.2. The second-order valence-corrected chi connectivity index (χ2v) is 12.1. The average molecular weight is 202 g/mol. The molecule has 1 nitrogen and oxygen atoms in total. The van der Waals surface area contributed by atoms with Gasteiger partial charge < -0.3 is 4.12 Å². The molecule has 0 heterocycles. The molecule has 0 amide bonds. The lowest BCUT2D eigenvalue weighted by molar-refractivity contribution is 0.548. The van der Waals surface area contributed by atoms with E-state index in [9.17, 15) is 0 Å². The van der Waals surface area contributed by atoms with Crippen molar-refractivity contribution in [3.05, 3.63) is 0 Å². The standard InChI is InChI=1S/C6H14B4OSi2/c1-12(3-7,4-8)11-13(2,5-9)6-10/h3-6H2,1-2H3. The quantitative estimate of drug-likeness (QED) is 0.574. The molecular weight excluding hydrogens is 187 g/mol. The van der Waals surface area contributed by atoms with E-state index in [4.69, 9.17) is 35.5 Å². The summed E-state index contributed by atoms with van der Waals surface area (Å²) >= 11 is 0. The van der Waals surface area contributed by atoms with Crippen molar-refractivity contribution in [2.24, 2.45) is 0 Å². The smallest absolute Gasteiger partial charge is 0.159 e. The predicted molar refractivity (Wildman–Crippen MR) is 66.6 cm³/mol. The topological polar surface area (TPSA) is 9.23 Å². The summed E-state index contributed by atoms with van der Waals surface area (Å²) < 4.78 is 6.00. The average Bonchev–Trinajstić information content (AvgIpc) is 2.17. The van der Waals surface area contributed by atoms with E-state index >= 15 is 0 Å². The van der Waals surface area contributed by atoms with E-state index in [-0.39, 0.29) is 0 Å². The summed E-state index contributed by atoms with van der Waals surface area (Å²) in [4.78, 5) is 0. The van der Waals surface area contributed by atoms with Crippen molar-refractivity contribution in [2.75, 3.05) is 0 Å². The lowest BCUT2D eigenvalue weighted by Gasteiger charge is -2.37. The van der Waals surface area contributed by atoms with E-state index in [2.05, 4.69) is 0 Å². The molecular formula is C6H14B4OSi2. The third-order valence-corrected chi connectivity index (χ3v) is 9.62. The van der Waals surface area contributed by atoms with Crippen LogP contribution in [0.5, 0.6) is 0 Å². The van der Waals surface area contributed by atoms with Crippen molar-refractivity contribution in [3.63, 3.8) is 0 Å². The van der Waals surface area contributed by atoms with Gasteiger partial charge in [0, 0.05) is 0 Å². The Morgan fingerprint density at radius 3 is 1.15 bits per heavy atom. The highest BCUT2D eigenvalue weighted by Gasteiger charge is 2.33. The van der Waals surface area contributed by atoms with E-state index in [0.717, 1.165) is 0 Å². The zero-order valence-electron chi connectivity index (χ0n) is 8.55. The first kappa shape index (κ1) is 13.7. The van der Waals surface area contributed by atoms with Crippen LogP contribution in [0.25, 0.3) is 0 Å². The molecule has 0 N–H and O–H groups in total. The molecule has 0 aromatic heterocycles. The molecule has 0 aromatic rings. The fourth-order valence-corrected chi connectivity index (χ4v) is 7.35. The second kappa shape index (κ2) is 5.51. The van der Waals surface area contributed by atoms with Gasteiger partial charge in [0.05, 0.1) is 31.4 Å². The maximum absolute atomic E-state index is 6.00. The van der Waals surface area contributed by atoms with Crippen LogP contribution in [0.1, 0.15) is 0 Å². The zero-order chi connectivity index (χ0) is 10.5. The van der Waals surface area contributed by atoms with Gasteiger partial charge in [-0.2, -0.15) is 0 Å². The van der Waals surface area contributed by atoms with Gasteiger partial charge in [0.1, 0.15) is 0 Å². The van der Waals surface area contributed by atoms with E-state index in [1.807, 2.05) is 13.1 Å². The summed E-state index contributed by atoms with van der Waals surface area (Å²) in [5.74, 6) is 2.14. The van der Waals surface area contributed by atoms with Crippen LogP contribution in [0.15, 0.2) is 0 Å². The van der Waals surface area contributed by atoms with Crippen LogP contribution in [0.2, 0.25) is 36.9 Å². The third kappa shape index (κ3) is 4.13. The van der Waals surface area contributed by atoms with Crippen LogP contribution >= 0.6 is 0 Å². The highest BCUT2D eigenvalue weighted by atomic mass is 28.4. The van der Waals surface area contributed by atoms with Gasteiger partial charge in [-0.15, -0.1) is 0 Å². The van der Waals surface area contributed by atoms with E-state index in [1.54, 1.807) is 0 Å². The van der Waals surface area contributed by atoms with Gasteiger partial charge in [0.2, 0.25) is 0 Å². The van der Waals surface area contributed by atoms with Gasteiger partial charge in [-0.25, -0.2) is 0 Å². The van der Waals surface area contributed by atoms with Gasteiger partial charge in [-0.3, -0.25) is 0 Å². The largest absolute Gasteiger partial charge is 0.457 e. The number of hydrogen-bond donors (Lipinski definition) is 0. The summed E-state index contributed by atoms with van der Waals surface area (Å²) in [6.45, 7) is 4.06. The summed E-state index contributed by atoms with van der Waals surface area (Å²) in [6.07, 6.45) is 0. The molecule has 0 rings (SSSR count). The Bertz CT molecular complexity index is 134. The molecule has 8 radical (unpaired) electrons. The first-order valence-corrected chi connectivity index (χ1v) is 10.1. The number of rotatable bonds is 6. The van der Waals surface area contributed by atoms with E-state index in [1.165, 1.54) is 0 Å². The normalized spacial score (nSPS) is 13.1. The van der Waals surface area contributed by atoms with Crippen LogP contribution in [0.3, 0.4) is 0 Å². The van der Waals surface area contributed by atoms with Crippen molar-refractivity contribution in [1.82, 2.24) is 0 Å². The van der Waals surface area contributed by atoms with Crippen molar-refractivity contribution in [3.8, 4) is 0 Å². The van der Waals surface area contributed by atoms with Gasteiger partial charge in [-0.05, 0) is 13.1 Å². The Labute approximate surface area is 89.3 Å². The molecule has 0 unspecified atom stereocenters. The molecule has 0 saturated carbocycles. The van der Waals surface area contributed by atoms with Crippen LogP contribution in [0.4, 0.5) is 0 Å². The van der Waals surface area contributed by atoms with Crippen molar-refractivity contribution >= 4 is 48.0 Å². The molecule has 0 aromatic carbocycles. The summed E-state index contributed by atoms with van der Waals surface area (Å²) in [6, 6.07) is 0. The molecule has 0 bridgehead atoms. The van der Waals surface area contributed by atoms with Crippen LogP contribution in [-0.2, 0) is 4.12 Å². The fraction of sp³-hybridized carbons (Fsp3) is 1.00. The van der Waals surface area contributed by atoms with Gasteiger partial charge in [-0.1, -0.05) is 23.8 Å². The minimum atomic E-state index is -1.92. The second-order valence-electron chi connectivity index (χ2n) is 3.82. The molecule has 13 heavy (non-hydrogen) atoms. The van der Waals surface area contributed by atoms with E-state index < -0.39 is 16.6 Å². The van der Waals surface area contributed by atoms with Gasteiger partial charge >= 0.3 is 0 Å². The highest BCUT2D eigenvalue weighted by molar-refractivity contribution is 6.93. The monoisotopic (exact) mass is 202 g/mol. The van der Waals surface area contributed by atoms with Crippen molar-refractivity contribution in [1.29, 1.82) is 0 Å². The molecule has 0 aliphatic carbocycles. The maximum atomic E-state index is 6.00. The Balaban J connectivity index is 4.36. The first-order valence-electron chi connectivity index (χ1n) is 4.46. The lowest BCUT2D eigenvalue weighted by Crippen LogP contribution is -2.48. The molecule has 0 atom stereocenters. The molecule has 64 valence electrons. The Morgan fingerprint density at radius 2 is 1.00 bits per heavy atom. The molecule has 0 spiro atoms. The summed E-state index contributed by atoms with van der Waals surface area (Å²) in [7, 11) is 18.7. The zero-order valence-corrected chi connectivity index (χ0v) is 10.5.